The first kappa shape index (κ1) is 15.0. The predicted octanol–water partition coefficient (Wildman–Crippen LogP) is 2.01. The minimum atomic E-state index is -1.12. The standard InChI is InChI=1S/C14H18N2O5/c1-5-15-8(2)16(14(18)19)10-7-12(21-4)11(20-3)6-9(10)13(15)17/h6-8H,5H2,1-4H3,(H,18,19). The molecule has 114 valence electrons. The summed E-state index contributed by atoms with van der Waals surface area (Å²) in [4.78, 5) is 26.7. The number of rotatable bonds is 3. The minimum absolute atomic E-state index is 0.224. The van der Waals surface area contributed by atoms with Crippen molar-refractivity contribution in [2.75, 3.05) is 25.7 Å². The Balaban J connectivity index is 2.69. The molecule has 1 heterocycles. The molecule has 0 aliphatic carbocycles. The molecule has 0 bridgehead atoms. The van der Waals surface area contributed by atoms with E-state index in [1.54, 1.807) is 13.8 Å². The van der Waals surface area contributed by atoms with Gasteiger partial charge >= 0.3 is 6.09 Å². The Morgan fingerprint density at radius 2 is 1.86 bits per heavy atom. The lowest BCUT2D eigenvalue weighted by molar-refractivity contribution is 0.0679. The number of carboxylic acid groups (broad SMARTS) is 1. The third-order valence-corrected chi connectivity index (χ3v) is 3.62. The fourth-order valence-corrected chi connectivity index (χ4v) is 2.57. The predicted molar refractivity (Wildman–Crippen MR) is 76.2 cm³/mol. The van der Waals surface area contributed by atoms with Gasteiger partial charge in [0.15, 0.2) is 11.5 Å². The molecule has 1 aromatic carbocycles. The minimum Gasteiger partial charge on any atom is -0.493 e. The van der Waals surface area contributed by atoms with Gasteiger partial charge in [-0.2, -0.15) is 0 Å². The molecular weight excluding hydrogens is 276 g/mol. The summed E-state index contributed by atoms with van der Waals surface area (Å²) >= 11 is 0. The Labute approximate surface area is 122 Å². The van der Waals surface area contributed by atoms with Gasteiger partial charge in [0.05, 0.1) is 25.5 Å². The largest absolute Gasteiger partial charge is 0.493 e. The fraction of sp³-hybridized carbons (Fsp3) is 0.429. The first-order chi connectivity index (χ1) is 9.96. The van der Waals surface area contributed by atoms with Gasteiger partial charge in [-0.25, -0.2) is 4.79 Å². The number of benzene rings is 1. The Kier molecular flexibility index (Phi) is 3.93. The van der Waals surface area contributed by atoms with Crippen LogP contribution in [-0.2, 0) is 0 Å². The molecule has 21 heavy (non-hydrogen) atoms. The second-order valence-corrected chi connectivity index (χ2v) is 4.60. The van der Waals surface area contributed by atoms with Crippen LogP contribution in [0.3, 0.4) is 0 Å². The number of hydrogen-bond donors (Lipinski definition) is 1. The van der Waals surface area contributed by atoms with Crippen LogP contribution in [0.1, 0.15) is 24.2 Å². The van der Waals surface area contributed by atoms with E-state index >= 15 is 0 Å². The third kappa shape index (κ3) is 2.24. The molecule has 7 nitrogen and oxygen atoms in total. The lowest BCUT2D eigenvalue weighted by atomic mass is 10.0. The maximum Gasteiger partial charge on any atom is 0.413 e. The summed E-state index contributed by atoms with van der Waals surface area (Å²) in [5, 5.41) is 9.46. The number of ether oxygens (including phenoxy) is 2. The molecule has 0 radical (unpaired) electrons. The van der Waals surface area contributed by atoms with E-state index in [0.717, 1.165) is 4.90 Å². The summed E-state index contributed by atoms with van der Waals surface area (Å²) in [5.74, 6) is 0.548. The van der Waals surface area contributed by atoms with Gasteiger partial charge in [-0.05, 0) is 19.9 Å². The zero-order chi connectivity index (χ0) is 15.7. The van der Waals surface area contributed by atoms with Gasteiger partial charge in [-0.15, -0.1) is 0 Å². The molecule has 2 amide bonds. The molecule has 1 unspecified atom stereocenters. The molecule has 1 aliphatic heterocycles. The quantitative estimate of drug-likeness (QED) is 0.922. The van der Waals surface area contributed by atoms with Crippen LogP contribution in [0.15, 0.2) is 12.1 Å². The molecule has 0 spiro atoms. The van der Waals surface area contributed by atoms with Crippen molar-refractivity contribution < 1.29 is 24.2 Å². The van der Waals surface area contributed by atoms with Gasteiger partial charge in [0.1, 0.15) is 6.17 Å². The van der Waals surface area contributed by atoms with Gasteiger partial charge in [0.25, 0.3) is 5.91 Å². The van der Waals surface area contributed by atoms with Crippen LogP contribution in [0.5, 0.6) is 11.5 Å². The molecular formula is C14H18N2O5. The molecule has 0 aromatic heterocycles. The van der Waals surface area contributed by atoms with Crippen LogP contribution in [0.4, 0.5) is 10.5 Å². The van der Waals surface area contributed by atoms with Crippen LogP contribution in [0.25, 0.3) is 0 Å². The molecule has 1 aromatic rings. The summed E-state index contributed by atoms with van der Waals surface area (Å²) < 4.78 is 10.4. The number of nitrogens with zero attached hydrogens (tertiary/aromatic N) is 2. The molecule has 0 saturated heterocycles. The van der Waals surface area contributed by atoms with E-state index in [9.17, 15) is 14.7 Å². The summed E-state index contributed by atoms with van der Waals surface area (Å²) in [6, 6.07) is 3.03. The van der Waals surface area contributed by atoms with E-state index in [2.05, 4.69) is 0 Å². The van der Waals surface area contributed by atoms with Crippen molar-refractivity contribution in [1.29, 1.82) is 0 Å². The Morgan fingerprint density at radius 1 is 1.29 bits per heavy atom. The van der Waals surface area contributed by atoms with E-state index in [1.807, 2.05) is 0 Å². The molecule has 2 rings (SSSR count). The first-order valence-corrected chi connectivity index (χ1v) is 6.55. The smallest absolute Gasteiger partial charge is 0.413 e. The SMILES string of the molecule is CCN1C(=O)c2cc(OC)c(OC)cc2N(C(=O)O)C1C. The van der Waals surface area contributed by atoms with Gasteiger partial charge in [0, 0.05) is 12.6 Å². The molecule has 7 heteroatoms. The highest BCUT2D eigenvalue weighted by atomic mass is 16.5. The molecule has 1 aliphatic rings. The van der Waals surface area contributed by atoms with E-state index < -0.39 is 12.3 Å². The maximum absolute atomic E-state index is 12.5. The highest BCUT2D eigenvalue weighted by Crippen LogP contribution is 2.39. The van der Waals surface area contributed by atoms with Gasteiger partial charge in [0.2, 0.25) is 0 Å². The number of methoxy groups -OCH3 is 2. The van der Waals surface area contributed by atoms with Crippen LogP contribution in [0.2, 0.25) is 0 Å². The lowest BCUT2D eigenvalue weighted by Crippen LogP contribution is -2.55. The van der Waals surface area contributed by atoms with Crippen molar-refractivity contribution in [3.63, 3.8) is 0 Å². The molecule has 0 saturated carbocycles. The van der Waals surface area contributed by atoms with Crippen molar-refractivity contribution in [3.05, 3.63) is 17.7 Å². The molecule has 1 atom stereocenters. The Morgan fingerprint density at radius 3 is 2.33 bits per heavy atom. The summed E-state index contributed by atoms with van der Waals surface area (Å²) in [6.45, 7) is 3.90. The number of carbonyl (C=O) groups is 2. The van der Waals surface area contributed by atoms with Crippen molar-refractivity contribution in [2.45, 2.75) is 20.0 Å². The van der Waals surface area contributed by atoms with Crippen molar-refractivity contribution >= 4 is 17.7 Å². The van der Waals surface area contributed by atoms with Crippen LogP contribution >= 0.6 is 0 Å². The summed E-state index contributed by atoms with van der Waals surface area (Å²) in [7, 11) is 2.93. The highest BCUT2D eigenvalue weighted by Gasteiger charge is 2.38. The number of hydrogen-bond acceptors (Lipinski definition) is 4. The fourth-order valence-electron chi connectivity index (χ4n) is 2.57. The molecule has 0 fully saturated rings. The summed E-state index contributed by atoms with van der Waals surface area (Å²) in [5.41, 5.74) is 0.595. The van der Waals surface area contributed by atoms with Crippen LogP contribution < -0.4 is 14.4 Å². The lowest BCUT2D eigenvalue weighted by Gasteiger charge is -2.41. The van der Waals surface area contributed by atoms with Crippen LogP contribution in [-0.4, -0.2) is 48.9 Å². The highest BCUT2D eigenvalue weighted by molar-refractivity contribution is 6.07. The van der Waals surface area contributed by atoms with E-state index in [4.69, 9.17) is 9.47 Å². The number of fused-ring (bicyclic) bond motifs is 1. The van der Waals surface area contributed by atoms with E-state index in [0.29, 0.717) is 23.7 Å². The normalized spacial score (nSPS) is 17.5. The van der Waals surface area contributed by atoms with Gasteiger partial charge in [-0.3, -0.25) is 9.69 Å². The topological polar surface area (TPSA) is 79.3 Å². The van der Waals surface area contributed by atoms with Crippen molar-refractivity contribution in [1.82, 2.24) is 4.90 Å². The van der Waals surface area contributed by atoms with Crippen molar-refractivity contribution in [2.24, 2.45) is 0 Å². The monoisotopic (exact) mass is 294 g/mol. The number of amides is 2. The van der Waals surface area contributed by atoms with Crippen molar-refractivity contribution in [3.8, 4) is 11.5 Å². The second kappa shape index (κ2) is 5.51. The second-order valence-electron chi connectivity index (χ2n) is 4.60. The molecule has 1 N–H and O–H groups in total. The van der Waals surface area contributed by atoms with Gasteiger partial charge in [-0.1, -0.05) is 0 Å². The zero-order valence-corrected chi connectivity index (χ0v) is 12.4. The van der Waals surface area contributed by atoms with Crippen LogP contribution in [0, 0.1) is 0 Å². The zero-order valence-electron chi connectivity index (χ0n) is 12.4. The first-order valence-electron chi connectivity index (χ1n) is 6.55. The summed E-state index contributed by atoms with van der Waals surface area (Å²) in [6.07, 6.45) is -1.70. The Bertz CT molecular complexity index is 587. The third-order valence-electron chi connectivity index (χ3n) is 3.62. The average molecular weight is 294 g/mol. The van der Waals surface area contributed by atoms with Gasteiger partial charge < -0.3 is 19.5 Å². The number of carbonyl (C=O) groups excluding carboxylic acids is 1. The Hall–Kier alpha value is -2.44. The average Bonchev–Trinajstić information content (AvgIpc) is 2.46. The van der Waals surface area contributed by atoms with E-state index in [-0.39, 0.29) is 11.5 Å². The maximum atomic E-state index is 12.5. The van der Waals surface area contributed by atoms with E-state index in [1.165, 1.54) is 31.3 Å². The number of anilines is 1.